The molecule has 0 aliphatic heterocycles. The molecule has 0 radical (unpaired) electrons. The Morgan fingerprint density at radius 2 is 2.06 bits per heavy atom. The van der Waals surface area contributed by atoms with Crippen molar-refractivity contribution in [3.8, 4) is 0 Å². The van der Waals surface area contributed by atoms with Gasteiger partial charge in [-0.05, 0) is 30.9 Å². The summed E-state index contributed by atoms with van der Waals surface area (Å²) in [6.07, 6.45) is 0. The first kappa shape index (κ1) is 12.8. The van der Waals surface area contributed by atoms with Gasteiger partial charge >= 0.3 is 5.97 Å². The van der Waals surface area contributed by atoms with Gasteiger partial charge in [-0.25, -0.2) is 4.79 Å². The number of benzene rings is 1. The lowest BCUT2D eigenvalue weighted by molar-refractivity contribution is 0.0674. The Morgan fingerprint density at radius 3 is 2.67 bits per heavy atom. The standard InChI is InChI=1S/C14H14O3S/c1-9-4-3-5-10(8-9)14(2,17)12-11(13(15)16)6-7-18-12/h3-8,17H,1-2H3,(H,15,16). The van der Waals surface area contributed by atoms with Crippen molar-refractivity contribution < 1.29 is 15.0 Å². The number of aromatic carboxylic acids is 1. The van der Waals surface area contributed by atoms with Gasteiger partial charge in [0.2, 0.25) is 0 Å². The highest BCUT2D eigenvalue weighted by Crippen LogP contribution is 2.35. The molecule has 2 N–H and O–H groups in total. The summed E-state index contributed by atoms with van der Waals surface area (Å²) in [6, 6.07) is 8.98. The van der Waals surface area contributed by atoms with Crippen LogP contribution in [0.25, 0.3) is 0 Å². The predicted molar refractivity (Wildman–Crippen MR) is 71.1 cm³/mol. The van der Waals surface area contributed by atoms with Gasteiger partial charge in [-0.1, -0.05) is 29.8 Å². The van der Waals surface area contributed by atoms with Crippen LogP contribution < -0.4 is 0 Å². The van der Waals surface area contributed by atoms with Gasteiger partial charge in [-0.2, -0.15) is 0 Å². The lowest BCUT2D eigenvalue weighted by atomic mass is 9.91. The third kappa shape index (κ3) is 2.17. The summed E-state index contributed by atoms with van der Waals surface area (Å²) in [4.78, 5) is 11.6. The Hall–Kier alpha value is -1.65. The van der Waals surface area contributed by atoms with Gasteiger partial charge in [0.25, 0.3) is 0 Å². The zero-order chi connectivity index (χ0) is 13.3. The van der Waals surface area contributed by atoms with E-state index in [2.05, 4.69) is 0 Å². The van der Waals surface area contributed by atoms with Crippen LogP contribution in [-0.2, 0) is 5.60 Å². The molecule has 0 spiro atoms. The zero-order valence-corrected chi connectivity index (χ0v) is 11.0. The number of thiophene rings is 1. The Balaban J connectivity index is 2.54. The van der Waals surface area contributed by atoms with E-state index >= 15 is 0 Å². The number of aryl methyl sites for hydroxylation is 1. The van der Waals surface area contributed by atoms with E-state index in [1.54, 1.807) is 18.4 Å². The molecular formula is C14H14O3S. The Morgan fingerprint density at radius 1 is 1.33 bits per heavy atom. The number of hydrogen-bond acceptors (Lipinski definition) is 3. The highest BCUT2D eigenvalue weighted by Gasteiger charge is 2.31. The van der Waals surface area contributed by atoms with Crippen molar-refractivity contribution in [2.75, 3.05) is 0 Å². The van der Waals surface area contributed by atoms with E-state index in [4.69, 9.17) is 5.11 Å². The maximum atomic E-state index is 11.1. The molecule has 1 aromatic heterocycles. The molecule has 0 amide bonds. The van der Waals surface area contributed by atoms with E-state index < -0.39 is 11.6 Å². The van der Waals surface area contributed by atoms with Crippen LogP contribution in [0.5, 0.6) is 0 Å². The van der Waals surface area contributed by atoms with Crippen molar-refractivity contribution in [2.45, 2.75) is 19.4 Å². The molecule has 1 unspecified atom stereocenters. The fourth-order valence-corrected chi connectivity index (χ4v) is 2.90. The Labute approximate surface area is 109 Å². The molecule has 0 saturated heterocycles. The summed E-state index contributed by atoms with van der Waals surface area (Å²) in [6.45, 7) is 3.56. The van der Waals surface area contributed by atoms with Gasteiger partial charge in [-0.15, -0.1) is 11.3 Å². The molecule has 4 heteroatoms. The van der Waals surface area contributed by atoms with E-state index in [1.165, 1.54) is 17.4 Å². The maximum absolute atomic E-state index is 11.1. The second kappa shape index (κ2) is 4.55. The highest BCUT2D eigenvalue weighted by molar-refractivity contribution is 7.10. The summed E-state index contributed by atoms with van der Waals surface area (Å²) in [5, 5.41) is 21.4. The van der Waals surface area contributed by atoms with Crippen LogP contribution in [0.1, 0.15) is 33.3 Å². The van der Waals surface area contributed by atoms with Crippen LogP contribution in [0, 0.1) is 6.92 Å². The van der Waals surface area contributed by atoms with Crippen LogP contribution in [0.2, 0.25) is 0 Å². The molecule has 18 heavy (non-hydrogen) atoms. The molecule has 94 valence electrons. The van der Waals surface area contributed by atoms with Crippen molar-refractivity contribution in [3.63, 3.8) is 0 Å². The third-order valence-corrected chi connectivity index (χ3v) is 4.04. The van der Waals surface area contributed by atoms with Crippen LogP contribution in [0.3, 0.4) is 0 Å². The minimum Gasteiger partial charge on any atom is -0.478 e. The molecular weight excluding hydrogens is 248 g/mol. The summed E-state index contributed by atoms with van der Waals surface area (Å²) >= 11 is 1.25. The fourth-order valence-electron chi connectivity index (χ4n) is 1.93. The smallest absolute Gasteiger partial charge is 0.336 e. The van der Waals surface area contributed by atoms with Crippen molar-refractivity contribution in [3.05, 3.63) is 57.3 Å². The van der Waals surface area contributed by atoms with E-state index in [-0.39, 0.29) is 5.56 Å². The summed E-state index contributed by atoms with van der Waals surface area (Å²) in [7, 11) is 0. The second-order valence-electron chi connectivity index (χ2n) is 4.41. The van der Waals surface area contributed by atoms with Crippen LogP contribution in [0.4, 0.5) is 0 Å². The van der Waals surface area contributed by atoms with Gasteiger partial charge < -0.3 is 10.2 Å². The number of aliphatic hydroxyl groups is 1. The molecule has 2 rings (SSSR count). The molecule has 0 aliphatic rings. The molecule has 1 heterocycles. The first-order valence-corrected chi connectivity index (χ1v) is 6.41. The summed E-state index contributed by atoms with van der Waals surface area (Å²) in [5.41, 5.74) is 0.605. The van der Waals surface area contributed by atoms with Crippen LogP contribution >= 0.6 is 11.3 Å². The topological polar surface area (TPSA) is 57.5 Å². The SMILES string of the molecule is Cc1cccc(C(C)(O)c2sccc2C(=O)O)c1. The number of hydrogen-bond donors (Lipinski definition) is 2. The molecule has 0 saturated carbocycles. The predicted octanol–water partition coefficient (Wildman–Crippen LogP) is 3.01. The normalized spacial score (nSPS) is 14.2. The summed E-state index contributed by atoms with van der Waals surface area (Å²) < 4.78 is 0. The van der Waals surface area contributed by atoms with Gasteiger partial charge in [0, 0.05) is 0 Å². The van der Waals surface area contributed by atoms with Crippen LogP contribution in [-0.4, -0.2) is 16.2 Å². The minimum absolute atomic E-state index is 0.159. The first-order valence-electron chi connectivity index (χ1n) is 5.53. The first-order chi connectivity index (χ1) is 8.43. The molecule has 1 aromatic carbocycles. The number of rotatable bonds is 3. The molecule has 1 atom stereocenters. The second-order valence-corrected chi connectivity index (χ2v) is 5.33. The molecule has 0 bridgehead atoms. The zero-order valence-electron chi connectivity index (χ0n) is 10.2. The largest absolute Gasteiger partial charge is 0.478 e. The van der Waals surface area contributed by atoms with E-state index in [0.717, 1.165) is 5.56 Å². The van der Waals surface area contributed by atoms with Crippen molar-refractivity contribution in [2.24, 2.45) is 0 Å². The van der Waals surface area contributed by atoms with E-state index in [1.807, 2.05) is 25.1 Å². The lowest BCUT2D eigenvalue weighted by Crippen LogP contribution is -2.24. The fraction of sp³-hybridized carbons (Fsp3) is 0.214. The Kier molecular flexibility index (Phi) is 3.24. The maximum Gasteiger partial charge on any atom is 0.336 e. The van der Waals surface area contributed by atoms with Gasteiger partial charge in [0.1, 0.15) is 5.60 Å². The molecule has 2 aromatic rings. The number of carboxylic acids is 1. The van der Waals surface area contributed by atoms with Crippen molar-refractivity contribution >= 4 is 17.3 Å². The lowest BCUT2D eigenvalue weighted by Gasteiger charge is -2.24. The van der Waals surface area contributed by atoms with Gasteiger partial charge in [0.05, 0.1) is 10.4 Å². The van der Waals surface area contributed by atoms with Crippen LogP contribution in [0.15, 0.2) is 35.7 Å². The van der Waals surface area contributed by atoms with E-state index in [0.29, 0.717) is 10.4 Å². The minimum atomic E-state index is -1.28. The molecule has 3 nitrogen and oxygen atoms in total. The van der Waals surface area contributed by atoms with Crippen molar-refractivity contribution in [1.82, 2.24) is 0 Å². The number of carboxylic acid groups (broad SMARTS) is 1. The monoisotopic (exact) mass is 262 g/mol. The van der Waals surface area contributed by atoms with Crippen molar-refractivity contribution in [1.29, 1.82) is 0 Å². The van der Waals surface area contributed by atoms with E-state index in [9.17, 15) is 9.90 Å². The quantitative estimate of drug-likeness (QED) is 0.894. The highest BCUT2D eigenvalue weighted by atomic mass is 32.1. The summed E-state index contributed by atoms with van der Waals surface area (Å²) in [5.74, 6) is -1.01. The average molecular weight is 262 g/mol. The number of carbonyl (C=O) groups is 1. The molecule has 0 aliphatic carbocycles. The van der Waals surface area contributed by atoms with Gasteiger partial charge in [-0.3, -0.25) is 0 Å². The Bertz CT molecular complexity index is 584. The third-order valence-electron chi connectivity index (χ3n) is 2.92. The average Bonchev–Trinajstić information content (AvgIpc) is 2.78. The molecule has 0 fully saturated rings. The van der Waals surface area contributed by atoms with Gasteiger partial charge in [0.15, 0.2) is 0 Å².